The first-order chi connectivity index (χ1) is 9.50. The molecule has 0 spiro atoms. The van der Waals surface area contributed by atoms with Crippen LogP contribution in [0.15, 0.2) is 27.4 Å². The van der Waals surface area contributed by atoms with Crippen LogP contribution in [0.25, 0.3) is 11.0 Å². The molecule has 1 aromatic heterocycles. The molecule has 2 N–H and O–H groups in total. The van der Waals surface area contributed by atoms with Crippen LogP contribution in [0.3, 0.4) is 0 Å². The Balaban J connectivity index is 2.28. The molecule has 2 aromatic rings. The number of ether oxygens (including phenoxy) is 1. The van der Waals surface area contributed by atoms with Gasteiger partial charge in [0.2, 0.25) is 5.75 Å². The Morgan fingerprint density at radius 1 is 1.30 bits per heavy atom. The average Bonchev–Trinajstić information content (AvgIpc) is 2.39. The molecule has 0 bridgehead atoms. The maximum absolute atomic E-state index is 11.8. The maximum Gasteiger partial charge on any atom is 0.383 e. The van der Waals surface area contributed by atoms with E-state index in [1.54, 1.807) is 12.1 Å². The predicted octanol–water partition coefficient (Wildman–Crippen LogP) is 3.02. The fourth-order valence-electron chi connectivity index (χ4n) is 1.97. The normalized spacial score (nSPS) is 11.2. The molecular weight excluding hydrogens is 260 g/mol. The summed E-state index contributed by atoms with van der Waals surface area (Å²) in [5.74, 6) is -0.137. The van der Waals surface area contributed by atoms with Crippen LogP contribution >= 0.6 is 0 Å². The van der Waals surface area contributed by atoms with Gasteiger partial charge < -0.3 is 19.4 Å². The van der Waals surface area contributed by atoms with Crippen molar-refractivity contribution in [1.82, 2.24) is 0 Å². The number of phenolic OH excluding ortho intramolecular Hbond substituents is 1. The fourth-order valence-corrected chi connectivity index (χ4v) is 1.97. The molecule has 0 saturated heterocycles. The van der Waals surface area contributed by atoms with Crippen LogP contribution in [0.2, 0.25) is 0 Å². The summed E-state index contributed by atoms with van der Waals surface area (Å²) in [5.41, 5.74) is -0.828. The van der Waals surface area contributed by atoms with Gasteiger partial charge in [0.25, 0.3) is 0 Å². The van der Waals surface area contributed by atoms with Crippen molar-refractivity contribution in [2.24, 2.45) is 5.92 Å². The van der Waals surface area contributed by atoms with Crippen molar-refractivity contribution >= 4 is 11.0 Å². The summed E-state index contributed by atoms with van der Waals surface area (Å²) in [5, 5.41) is 19.9. The summed E-state index contributed by atoms with van der Waals surface area (Å²) in [7, 11) is 0. The molecule has 0 radical (unpaired) electrons. The number of rotatable bonds is 5. The third kappa shape index (κ3) is 2.87. The zero-order valence-electron chi connectivity index (χ0n) is 11.5. The van der Waals surface area contributed by atoms with Crippen molar-refractivity contribution in [3.8, 4) is 17.2 Å². The molecule has 0 amide bonds. The zero-order valence-corrected chi connectivity index (χ0v) is 11.5. The quantitative estimate of drug-likeness (QED) is 0.649. The lowest BCUT2D eigenvalue weighted by atomic mass is 10.1. The van der Waals surface area contributed by atoms with E-state index in [0.29, 0.717) is 12.5 Å². The van der Waals surface area contributed by atoms with E-state index in [-0.39, 0.29) is 28.2 Å². The van der Waals surface area contributed by atoms with Crippen LogP contribution in [0, 0.1) is 5.92 Å². The van der Waals surface area contributed by atoms with E-state index in [2.05, 4.69) is 13.8 Å². The van der Waals surface area contributed by atoms with Crippen molar-refractivity contribution in [3.63, 3.8) is 0 Å². The Morgan fingerprint density at radius 2 is 2.05 bits per heavy atom. The summed E-state index contributed by atoms with van der Waals surface area (Å²) in [6.07, 6.45) is 1.76. The largest absolute Gasteiger partial charge is 0.504 e. The minimum Gasteiger partial charge on any atom is -0.504 e. The van der Waals surface area contributed by atoms with E-state index in [0.717, 1.165) is 12.8 Å². The Kier molecular flexibility index (Phi) is 4.17. The van der Waals surface area contributed by atoms with Crippen molar-refractivity contribution < 1.29 is 19.4 Å². The highest BCUT2D eigenvalue weighted by Gasteiger charge is 2.17. The predicted molar refractivity (Wildman–Crippen MR) is 75.4 cm³/mol. The van der Waals surface area contributed by atoms with E-state index >= 15 is 0 Å². The van der Waals surface area contributed by atoms with E-state index < -0.39 is 5.63 Å². The molecule has 0 saturated carbocycles. The Labute approximate surface area is 116 Å². The molecule has 1 aromatic carbocycles. The van der Waals surface area contributed by atoms with Gasteiger partial charge in [-0.3, -0.25) is 0 Å². The molecule has 2 rings (SSSR count). The Hall–Kier alpha value is -2.17. The van der Waals surface area contributed by atoms with Crippen LogP contribution in [-0.4, -0.2) is 16.8 Å². The van der Waals surface area contributed by atoms with Gasteiger partial charge in [0.15, 0.2) is 17.1 Å². The molecule has 5 nitrogen and oxygen atoms in total. The smallest absolute Gasteiger partial charge is 0.383 e. The number of para-hydroxylation sites is 1. The number of hydrogen-bond acceptors (Lipinski definition) is 5. The average molecular weight is 278 g/mol. The topological polar surface area (TPSA) is 79.9 Å². The second-order valence-electron chi connectivity index (χ2n) is 5.11. The molecule has 5 heteroatoms. The summed E-state index contributed by atoms with van der Waals surface area (Å²) >= 11 is 0. The van der Waals surface area contributed by atoms with Gasteiger partial charge in [0.05, 0.1) is 12.0 Å². The summed E-state index contributed by atoms with van der Waals surface area (Å²) in [6, 6.07) is 4.49. The Bertz CT molecular complexity index is 657. The van der Waals surface area contributed by atoms with Crippen LogP contribution in [0.4, 0.5) is 0 Å². The van der Waals surface area contributed by atoms with Crippen LogP contribution in [0.1, 0.15) is 26.7 Å². The van der Waals surface area contributed by atoms with Gasteiger partial charge in [-0.1, -0.05) is 19.9 Å². The van der Waals surface area contributed by atoms with E-state index in [1.807, 2.05) is 0 Å². The SMILES string of the molecule is CC(C)CCCOc1c(O)c2cccc(O)c2oc1=O. The van der Waals surface area contributed by atoms with E-state index in [1.165, 1.54) is 6.07 Å². The Morgan fingerprint density at radius 3 is 2.75 bits per heavy atom. The van der Waals surface area contributed by atoms with Crippen molar-refractivity contribution in [1.29, 1.82) is 0 Å². The van der Waals surface area contributed by atoms with Crippen molar-refractivity contribution in [2.75, 3.05) is 6.61 Å². The summed E-state index contributed by atoms with van der Waals surface area (Å²) < 4.78 is 10.3. The lowest BCUT2D eigenvalue weighted by Gasteiger charge is -2.09. The molecule has 20 heavy (non-hydrogen) atoms. The first kappa shape index (κ1) is 14.2. The van der Waals surface area contributed by atoms with Gasteiger partial charge in [0.1, 0.15) is 0 Å². The third-order valence-corrected chi connectivity index (χ3v) is 3.02. The first-order valence-corrected chi connectivity index (χ1v) is 6.61. The van der Waals surface area contributed by atoms with Gasteiger partial charge >= 0.3 is 5.63 Å². The van der Waals surface area contributed by atoms with Crippen molar-refractivity contribution in [3.05, 3.63) is 28.6 Å². The van der Waals surface area contributed by atoms with Crippen LogP contribution in [-0.2, 0) is 0 Å². The molecule has 0 unspecified atom stereocenters. The zero-order chi connectivity index (χ0) is 14.7. The molecule has 1 heterocycles. The second kappa shape index (κ2) is 5.86. The van der Waals surface area contributed by atoms with Crippen LogP contribution in [0.5, 0.6) is 17.2 Å². The van der Waals surface area contributed by atoms with E-state index in [9.17, 15) is 15.0 Å². The first-order valence-electron chi connectivity index (χ1n) is 6.61. The molecule has 108 valence electrons. The van der Waals surface area contributed by atoms with Gasteiger partial charge in [-0.2, -0.15) is 0 Å². The molecular formula is C15H18O5. The standard InChI is InChI=1S/C15H18O5/c1-9(2)5-4-8-19-14-12(17)10-6-3-7-11(16)13(10)20-15(14)18/h3,6-7,9,16-17H,4-5,8H2,1-2H3. The number of aromatic hydroxyl groups is 2. The number of benzene rings is 1. The summed E-state index contributed by atoms with van der Waals surface area (Å²) in [4.78, 5) is 11.8. The minimum absolute atomic E-state index is 0.0375. The molecule has 0 aliphatic heterocycles. The highest BCUT2D eigenvalue weighted by Crippen LogP contribution is 2.35. The second-order valence-corrected chi connectivity index (χ2v) is 5.11. The van der Waals surface area contributed by atoms with Gasteiger partial charge in [-0.25, -0.2) is 4.79 Å². The van der Waals surface area contributed by atoms with Crippen LogP contribution < -0.4 is 10.4 Å². The number of hydrogen-bond donors (Lipinski definition) is 2. The van der Waals surface area contributed by atoms with Crippen molar-refractivity contribution in [2.45, 2.75) is 26.7 Å². The highest BCUT2D eigenvalue weighted by atomic mass is 16.5. The molecule has 0 fully saturated rings. The molecule has 0 aliphatic carbocycles. The lowest BCUT2D eigenvalue weighted by molar-refractivity contribution is 0.270. The minimum atomic E-state index is -0.791. The highest BCUT2D eigenvalue weighted by molar-refractivity contribution is 5.89. The van der Waals surface area contributed by atoms with E-state index in [4.69, 9.17) is 9.15 Å². The number of phenols is 1. The molecule has 0 atom stereocenters. The fraction of sp³-hybridized carbons (Fsp3) is 0.400. The van der Waals surface area contributed by atoms with Gasteiger partial charge in [-0.15, -0.1) is 0 Å². The maximum atomic E-state index is 11.8. The van der Waals surface area contributed by atoms with Gasteiger partial charge in [0, 0.05) is 0 Å². The van der Waals surface area contributed by atoms with Gasteiger partial charge in [-0.05, 0) is 30.9 Å². The lowest BCUT2D eigenvalue weighted by Crippen LogP contribution is -2.09. The third-order valence-electron chi connectivity index (χ3n) is 3.02. The number of fused-ring (bicyclic) bond motifs is 1. The molecule has 0 aliphatic rings. The monoisotopic (exact) mass is 278 g/mol. The summed E-state index contributed by atoms with van der Waals surface area (Å²) in [6.45, 7) is 4.54.